The Bertz CT molecular complexity index is 463. The highest BCUT2D eigenvalue weighted by atomic mass is 79.9. The van der Waals surface area contributed by atoms with Crippen molar-refractivity contribution in [2.45, 2.75) is 6.42 Å². The third-order valence-corrected chi connectivity index (χ3v) is 2.90. The third kappa shape index (κ3) is 1.65. The minimum atomic E-state index is -0.472. The minimum Gasteiger partial charge on any atom is -0.507 e. The molecule has 0 saturated carbocycles. The fourth-order valence-corrected chi connectivity index (χ4v) is 2.08. The van der Waals surface area contributed by atoms with E-state index in [1.54, 1.807) is 6.07 Å². The van der Waals surface area contributed by atoms with Crippen molar-refractivity contribution in [3.8, 4) is 0 Å². The van der Waals surface area contributed by atoms with E-state index >= 15 is 0 Å². The summed E-state index contributed by atoms with van der Waals surface area (Å²) in [6.07, 6.45) is 0.424. The van der Waals surface area contributed by atoms with E-state index < -0.39 is 5.97 Å². The van der Waals surface area contributed by atoms with Gasteiger partial charge in [-0.3, -0.25) is 0 Å². The van der Waals surface area contributed by atoms with E-state index in [-0.39, 0.29) is 5.76 Å². The molecule has 0 heterocycles. The number of rotatable bonds is 1. The zero-order valence-electron chi connectivity index (χ0n) is 8.08. The number of halogens is 1. The molecule has 0 fully saturated rings. The van der Waals surface area contributed by atoms with Crippen LogP contribution < -0.4 is 0 Å². The van der Waals surface area contributed by atoms with Crippen LogP contribution in [0.3, 0.4) is 0 Å². The Balaban J connectivity index is 2.45. The molecule has 0 unspecified atom stereocenters. The van der Waals surface area contributed by atoms with Gasteiger partial charge in [-0.1, -0.05) is 15.9 Å². The number of hydrogen-bond donors (Lipinski definition) is 1. The Morgan fingerprint density at radius 1 is 1.53 bits per heavy atom. The van der Waals surface area contributed by atoms with Crippen LogP contribution in [0.5, 0.6) is 0 Å². The van der Waals surface area contributed by atoms with Crippen LogP contribution in [0.2, 0.25) is 0 Å². The normalized spacial score (nSPS) is 14.0. The Hall–Kier alpha value is -1.29. The molecular formula is C11H9BrO3. The molecule has 1 aliphatic carbocycles. The monoisotopic (exact) mass is 268 g/mol. The van der Waals surface area contributed by atoms with Gasteiger partial charge in [0.2, 0.25) is 0 Å². The van der Waals surface area contributed by atoms with Crippen molar-refractivity contribution in [3.05, 3.63) is 39.4 Å². The average Bonchev–Trinajstić information content (AvgIpc) is 2.54. The van der Waals surface area contributed by atoms with E-state index in [0.29, 0.717) is 17.6 Å². The van der Waals surface area contributed by atoms with Crippen molar-refractivity contribution < 1.29 is 14.6 Å². The predicted molar refractivity (Wildman–Crippen MR) is 59.4 cm³/mol. The number of carbonyl (C=O) groups is 1. The summed E-state index contributed by atoms with van der Waals surface area (Å²) in [7, 11) is 1.31. The molecule has 1 aliphatic rings. The van der Waals surface area contributed by atoms with Crippen LogP contribution in [0.4, 0.5) is 0 Å². The SMILES string of the molecule is COC(=O)C1=C(O)c2ccc(Br)cc2C1. The van der Waals surface area contributed by atoms with Crippen LogP contribution in [0.25, 0.3) is 5.76 Å². The molecule has 0 aromatic heterocycles. The number of aliphatic hydroxyl groups excluding tert-OH is 1. The maximum Gasteiger partial charge on any atom is 0.337 e. The maximum absolute atomic E-state index is 11.3. The molecule has 1 aromatic carbocycles. The van der Waals surface area contributed by atoms with Crippen molar-refractivity contribution in [3.63, 3.8) is 0 Å². The molecule has 0 radical (unpaired) electrons. The number of aliphatic hydroxyl groups is 1. The van der Waals surface area contributed by atoms with Gasteiger partial charge in [-0.05, 0) is 23.8 Å². The molecule has 3 nitrogen and oxygen atoms in total. The molecule has 0 bridgehead atoms. The van der Waals surface area contributed by atoms with Crippen LogP contribution in [0, 0.1) is 0 Å². The van der Waals surface area contributed by atoms with Gasteiger partial charge in [0.1, 0.15) is 5.76 Å². The van der Waals surface area contributed by atoms with Crippen molar-refractivity contribution in [1.29, 1.82) is 0 Å². The molecule has 15 heavy (non-hydrogen) atoms. The van der Waals surface area contributed by atoms with Crippen molar-refractivity contribution in [2.75, 3.05) is 7.11 Å². The van der Waals surface area contributed by atoms with Crippen molar-refractivity contribution in [2.24, 2.45) is 0 Å². The van der Waals surface area contributed by atoms with Gasteiger partial charge in [0, 0.05) is 16.5 Å². The summed E-state index contributed by atoms with van der Waals surface area (Å²) in [5.74, 6) is -0.441. The standard InChI is InChI=1S/C11H9BrO3/c1-15-11(14)9-5-6-4-7(12)2-3-8(6)10(9)13/h2-4,13H,5H2,1H3. The summed E-state index contributed by atoms with van der Waals surface area (Å²) >= 11 is 3.34. The zero-order chi connectivity index (χ0) is 11.0. The lowest BCUT2D eigenvalue weighted by molar-refractivity contribution is -0.136. The molecular weight excluding hydrogens is 260 g/mol. The molecule has 78 valence electrons. The highest BCUT2D eigenvalue weighted by Gasteiger charge is 2.26. The number of hydrogen-bond acceptors (Lipinski definition) is 3. The van der Waals surface area contributed by atoms with Crippen molar-refractivity contribution in [1.82, 2.24) is 0 Å². The van der Waals surface area contributed by atoms with Gasteiger partial charge in [-0.25, -0.2) is 4.79 Å². The molecule has 0 amide bonds. The number of ether oxygens (including phenoxy) is 1. The minimum absolute atomic E-state index is 0.0318. The quantitative estimate of drug-likeness (QED) is 0.796. The highest BCUT2D eigenvalue weighted by molar-refractivity contribution is 9.10. The molecule has 2 rings (SSSR count). The van der Waals surface area contributed by atoms with E-state index in [1.165, 1.54) is 7.11 Å². The Kier molecular flexibility index (Phi) is 2.52. The van der Waals surface area contributed by atoms with E-state index in [9.17, 15) is 9.90 Å². The predicted octanol–water partition coefficient (Wildman–Crippen LogP) is 2.45. The third-order valence-electron chi connectivity index (χ3n) is 2.41. The van der Waals surface area contributed by atoms with Crippen LogP contribution in [-0.2, 0) is 16.0 Å². The highest BCUT2D eigenvalue weighted by Crippen LogP contribution is 2.33. The molecule has 0 aliphatic heterocycles. The molecule has 0 atom stereocenters. The number of benzene rings is 1. The Morgan fingerprint density at radius 3 is 2.93 bits per heavy atom. The Labute approximate surface area is 95.5 Å². The van der Waals surface area contributed by atoms with E-state index in [2.05, 4.69) is 20.7 Å². The van der Waals surface area contributed by atoms with Gasteiger partial charge in [-0.15, -0.1) is 0 Å². The summed E-state index contributed by atoms with van der Waals surface area (Å²) in [5, 5.41) is 9.80. The lowest BCUT2D eigenvalue weighted by Gasteiger charge is -1.99. The smallest absolute Gasteiger partial charge is 0.337 e. The van der Waals surface area contributed by atoms with E-state index in [1.807, 2.05) is 12.1 Å². The second-order valence-electron chi connectivity index (χ2n) is 3.30. The van der Waals surface area contributed by atoms with Crippen LogP contribution in [0.15, 0.2) is 28.2 Å². The molecule has 4 heteroatoms. The number of carbonyl (C=O) groups excluding carboxylic acids is 1. The van der Waals surface area contributed by atoms with Gasteiger partial charge in [0.05, 0.1) is 12.7 Å². The molecule has 1 aromatic rings. The summed E-state index contributed by atoms with van der Waals surface area (Å²) in [4.78, 5) is 11.3. The fourth-order valence-electron chi connectivity index (χ4n) is 1.67. The van der Waals surface area contributed by atoms with Gasteiger partial charge in [0.25, 0.3) is 0 Å². The van der Waals surface area contributed by atoms with E-state index in [4.69, 9.17) is 0 Å². The first-order valence-corrected chi connectivity index (χ1v) is 5.22. The first kappa shape index (κ1) is 10.2. The summed E-state index contributed by atoms with van der Waals surface area (Å²) < 4.78 is 5.53. The molecule has 0 spiro atoms. The first-order chi connectivity index (χ1) is 7.13. The Morgan fingerprint density at radius 2 is 2.27 bits per heavy atom. The van der Waals surface area contributed by atoms with Crippen LogP contribution >= 0.6 is 15.9 Å². The lowest BCUT2D eigenvalue weighted by Crippen LogP contribution is -2.05. The fraction of sp³-hybridized carbons (Fsp3) is 0.182. The number of fused-ring (bicyclic) bond motifs is 1. The second kappa shape index (κ2) is 3.70. The van der Waals surface area contributed by atoms with Crippen LogP contribution in [0.1, 0.15) is 11.1 Å². The topological polar surface area (TPSA) is 46.5 Å². The first-order valence-electron chi connectivity index (χ1n) is 4.42. The molecule has 1 N–H and O–H groups in total. The maximum atomic E-state index is 11.3. The summed E-state index contributed by atoms with van der Waals surface area (Å²) in [6.45, 7) is 0. The van der Waals surface area contributed by atoms with E-state index in [0.717, 1.165) is 10.0 Å². The van der Waals surface area contributed by atoms with Gasteiger partial charge in [0.15, 0.2) is 0 Å². The van der Waals surface area contributed by atoms with Crippen molar-refractivity contribution >= 4 is 27.7 Å². The largest absolute Gasteiger partial charge is 0.507 e. The van der Waals surface area contributed by atoms with Crippen LogP contribution in [-0.4, -0.2) is 18.2 Å². The molecule has 0 saturated heterocycles. The lowest BCUT2D eigenvalue weighted by atomic mass is 10.1. The summed E-state index contributed by atoms with van der Waals surface area (Å²) in [5.41, 5.74) is 1.96. The van der Waals surface area contributed by atoms with Gasteiger partial charge < -0.3 is 9.84 Å². The number of methoxy groups -OCH3 is 1. The average molecular weight is 269 g/mol. The zero-order valence-corrected chi connectivity index (χ0v) is 9.67. The van der Waals surface area contributed by atoms with Gasteiger partial charge >= 0.3 is 5.97 Å². The van der Waals surface area contributed by atoms with Gasteiger partial charge in [-0.2, -0.15) is 0 Å². The summed E-state index contributed by atoms with van der Waals surface area (Å²) in [6, 6.07) is 5.50. The number of esters is 1. The second-order valence-corrected chi connectivity index (χ2v) is 4.21.